The van der Waals surface area contributed by atoms with Crippen LogP contribution in [0.25, 0.3) is 0 Å². The summed E-state index contributed by atoms with van der Waals surface area (Å²) in [4.78, 5) is 0. The van der Waals surface area contributed by atoms with E-state index in [9.17, 15) is 0 Å². The van der Waals surface area contributed by atoms with E-state index in [0.29, 0.717) is 0 Å². The largest absolute Gasteiger partial charge is 0.398 e. The van der Waals surface area contributed by atoms with Gasteiger partial charge < -0.3 is 13.6 Å². The quantitative estimate of drug-likeness (QED) is 0.186. The number of ether oxygens (including phenoxy) is 1. The van der Waals surface area contributed by atoms with Crippen LogP contribution >= 0.6 is 0 Å². The highest BCUT2D eigenvalue weighted by atomic mass is 28.3. The van der Waals surface area contributed by atoms with Crippen LogP contribution in [0.3, 0.4) is 0 Å². The average Bonchev–Trinajstić information content (AvgIpc) is 2.70. The Kier molecular flexibility index (Phi) is 15.8. The van der Waals surface area contributed by atoms with E-state index in [4.69, 9.17) is 13.6 Å². The molecule has 4 heteroatoms. The van der Waals surface area contributed by atoms with Gasteiger partial charge in [0.2, 0.25) is 0 Å². The fourth-order valence-corrected chi connectivity index (χ4v) is 6.70. The molecule has 0 aromatic carbocycles. The first-order valence-electron chi connectivity index (χ1n) is 12.0. The topological polar surface area (TPSA) is 27.7 Å². The normalized spacial score (nSPS) is 20.4. The van der Waals surface area contributed by atoms with Gasteiger partial charge in [0.1, 0.15) is 5.22 Å². The van der Waals surface area contributed by atoms with Crippen LogP contribution in [0, 0.1) is 0 Å². The maximum atomic E-state index is 6.23. The molecular formula is C23H48O3Si. The molecule has 0 bridgehead atoms. The second-order valence-corrected chi connectivity index (χ2v) is 11.2. The highest BCUT2D eigenvalue weighted by Gasteiger charge is 2.44. The second kappa shape index (κ2) is 17.0. The fraction of sp³-hybridized carbons (Fsp3) is 1.00. The van der Waals surface area contributed by atoms with Crippen LogP contribution in [0.15, 0.2) is 0 Å². The van der Waals surface area contributed by atoms with E-state index in [0.717, 1.165) is 19.4 Å². The van der Waals surface area contributed by atoms with Crippen LogP contribution < -0.4 is 0 Å². The molecule has 27 heavy (non-hydrogen) atoms. The molecule has 0 aromatic heterocycles. The van der Waals surface area contributed by atoms with E-state index >= 15 is 0 Å². The zero-order chi connectivity index (χ0) is 19.6. The molecule has 1 aliphatic heterocycles. The van der Waals surface area contributed by atoms with Crippen molar-refractivity contribution in [2.24, 2.45) is 0 Å². The highest BCUT2D eigenvalue weighted by molar-refractivity contribution is 6.48. The lowest BCUT2D eigenvalue weighted by Gasteiger charge is -2.40. The molecule has 162 valence electrons. The summed E-state index contributed by atoms with van der Waals surface area (Å²) in [5.41, 5.74) is 0. The van der Waals surface area contributed by atoms with Gasteiger partial charge in [0, 0.05) is 20.8 Å². The van der Waals surface area contributed by atoms with E-state index in [2.05, 4.69) is 6.92 Å². The van der Waals surface area contributed by atoms with E-state index in [1.165, 1.54) is 103 Å². The third kappa shape index (κ3) is 11.0. The SMILES string of the molecule is CCCCCCCCCCCCCCCCC1([SiH](OC)OC)CCCCO1. The number of rotatable bonds is 18. The fourth-order valence-electron chi connectivity index (χ4n) is 4.52. The first-order chi connectivity index (χ1) is 13.3. The smallest absolute Gasteiger partial charge is 0.354 e. The van der Waals surface area contributed by atoms with Gasteiger partial charge in [0.25, 0.3) is 0 Å². The van der Waals surface area contributed by atoms with Gasteiger partial charge in [0.15, 0.2) is 0 Å². The Labute approximate surface area is 171 Å². The molecule has 1 aliphatic rings. The maximum Gasteiger partial charge on any atom is 0.354 e. The van der Waals surface area contributed by atoms with E-state index < -0.39 is 9.28 Å². The van der Waals surface area contributed by atoms with Crippen molar-refractivity contribution >= 4 is 9.28 Å². The summed E-state index contributed by atoms with van der Waals surface area (Å²) in [6.07, 6.45) is 24.4. The van der Waals surface area contributed by atoms with E-state index in [1.54, 1.807) is 14.2 Å². The van der Waals surface area contributed by atoms with Crippen molar-refractivity contribution in [3.63, 3.8) is 0 Å². The molecule has 3 nitrogen and oxygen atoms in total. The van der Waals surface area contributed by atoms with Gasteiger partial charge in [-0.2, -0.15) is 0 Å². The van der Waals surface area contributed by atoms with Gasteiger partial charge in [-0.1, -0.05) is 96.8 Å². The van der Waals surface area contributed by atoms with Crippen molar-refractivity contribution in [3.8, 4) is 0 Å². The van der Waals surface area contributed by atoms with Gasteiger partial charge in [-0.05, 0) is 25.7 Å². The van der Waals surface area contributed by atoms with Gasteiger partial charge in [0.05, 0.1) is 0 Å². The summed E-state index contributed by atoms with van der Waals surface area (Å²) in [5.74, 6) is 0. The molecular weight excluding hydrogens is 352 g/mol. The lowest BCUT2D eigenvalue weighted by Crippen LogP contribution is -2.53. The van der Waals surface area contributed by atoms with Crippen LogP contribution in [-0.2, 0) is 13.6 Å². The van der Waals surface area contributed by atoms with Crippen molar-refractivity contribution in [1.82, 2.24) is 0 Å². The maximum absolute atomic E-state index is 6.23. The molecule has 0 spiro atoms. The molecule has 0 saturated carbocycles. The van der Waals surface area contributed by atoms with Gasteiger partial charge in [-0.3, -0.25) is 0 Å². The van der Waals surface area contributed by atoms with E-state index in [-0.39, 0.29) is 5.22 Å². The molecule has 0 aliphatic carbocycles. The van der Waals surface area contributed by atoms with Crippen molar-refractivity contribution in [2.75, 3.05) is 20.8 Å². The molecule has 0 aromatic rings. The molecule has 0 radical (unpaired) electrons. The van der Waals surface area contributed by atoms with Crippen LogP contribution in [0.1, 0.15) is 122 Å². The predicted molar refractivity (Wildman–Crippen MR) is 119 cm³/mol. The van der Waals surface area contributed by atoms with Crippen LogP contribution in [-0.4, -0.2) is 35.3 Å². The standard InChI is InChI=1S/C23H48O3Si/c1-4-5-6-7-8-9-10-11-12-13-14-15-16-17-20-23(27(24-2)25-3)21-18-19-22-26-23/h27H,4-22H2,1-3H3. The first kappa shape index (κ1) is 25.1. The molecule has 0 amide bonds. The summed E-state index contributed by atoms with van der Waals surface area (Å²) < 4.78 is 17.6. The third-order valence-corrected chi connectivity index (χ3v) is 8.65. The van der Waals surface area contributed by atoms with Crippen molar-refractivity contribution < 1.29 is 13.6 Å². The summed E-state index contributed by atoms with van der Waals surface area (Å²) in [6.45, 7) is 3.17. The van der Waals surface area contributed by atoms with Gasteiger partial charge in [-0.25, -0.2) is 0 Å². The molecule has 1 unspecified atom stereocenters. The Morgan fingerprint density at radius 1 is 0.704 bits per heavy atom. The van der Waals surface area contributed by atoms with Gasteiger partial charge in [-0.15, -0.1) is 0 Å². The van der Waals surface area contributed by atoms with Crippen LogP contribution in [0.4, 0.5) is 0 Å². The predicted octanol–water partition coefficient (Wildman–Crippen LogP) is 6.85. The molecule has 1 atom stereocenters. The Bertz CT molecular complexity index is 315. The third-order valence-electron chi connectivity index (χ3n) is 6.20. The zero-order valence-corrected chi connectivity index (χ0v) is 19.9. The Morgan fingerprint density at radius 3 is 1.59 bits per heavy atom. The highest BCUT2D eigenvalue weighted by Crippen LogP contribution is 2.33. The molecule has 1 rings (SSSR count). The lowest BCUT2D eigenvalue weighted by atomic mass is 10.0. The summed E-state index contributed by atoms with van der Waals surface area (Å²) in [6, 6.07) is 0. The molecule has 1 fully saturated rings. The van der Waals surface area contributed by atoms with Gasteiger partial charge >= 0.3 is 9.28 Å². The zero-order valence-electron chi connectivity index (χ0n) is 18.7. The summed E-state index contributed by atoms with van der Waals surface area (Å²) in [7, 11) is 1.87. The number of hydrogen-bond donors (Lipinski definition) is 0. The lowest BCUT2D eigenvalue weighted by molar-refractivity contribution is -0.0529. The molecule has 1 heterocycles. The average molecular weight is 401 g/mol. The van der Waals surface area contributed by atoms with Crippen LogP contribution in [0.2, 0.25) is 0 Å². The molecule has 1 saturated heterocycles. The summed E-state index contributed by atoms with van der Waals surface area (Å²) >= 11 is 0. The van der Waals surface area contributed by atoms with E-state index in [1.807, 2.05) is 0 Å². The minimum Gasteiger partial charge on any atom is -0.398 e. The first-order valence-corrected chi connectivity index (χ1v) is 13.5. The number of unbranched alkanes of at least 4 members (excludes halogenated alkanes) is 13. The minimum atomic E-state index is -1.72. The van der Waals surface area contributed by atoms with Crippen molar-refractivity contribution in [1.29, 1.82) is 0 Å². The Balaban J connectivity index is 1.98. The van der Waals surface area contributed by atoms with Crippen molar-refractivity contribution in [2.45, 2.75) is 128 Å². The van der Waals surface area contributed by atoms with Crippen LogP contribution in [0.5, 0.6) is 0 Å². The summed E-state index contributed by atoms with van der Waals surface area (Å²) in [5, 5.41) is -0.0706. The Hall–Kier alpha value is 0.0969. The molecule has 0 N–H and O–H groups in total. The second-order valence-electron chi connectivity index (χ2n) is 8.52. The minimum absolute atomic E-state index is 0.0706. The Morgan fingerprint density at radius 2 is 1.19 bits per heavy atom. The number of hydrogen-bond acceptors (Lipinski definition) is 3. The van der Waals surface area contributed by atoms with Crippen molar-refractivity contribution in [3.05, 3.63) is 0 Å². The monoisotopic (exact) mass is 400 g/mol.